The van der Waals surface area contributed by atoms with Gasteiger partial charge in [0.05, 0.1) is 0 Å². The van der Waals surface area contributed by atoms with Crippen molar-refractivity contribution in [3.8, 4) is 0 Å². The summed E-state index contributed by atoms with van der Waals surface area (Å²) in [5.41, 5.74) is 0.178. The summed E-state index contributed by atoms with van der Waals surface area (Å²) < 4.78 is 0. The highest BCUT2D eigenvalue weighted by atomic mass is 16.3. The number of hydrogen-bond acceptors (Lipinski definition) is 2. The van der Waals surface area contributed by atoms with E-state index in [0.29, 0.717) is 12.3 Å². The fraction of sp³-hybridized carbons (Fsp3) is 0.933. The van der Waals surface area contributed by atoms with Gasteiger partial charge in [-0.05, 0) is 37.0 Å². The van der Waals surface area contributed by atoms with Crippen molar-refractivity contribution in [3.63, 3.8) is 0 Å². The Hall–Kier alpha value is -0.570. The molecule has 0 aliphatic carbocycles. The molecule has 18 heavy (non-hydrogen) atoms. The Morgan fingerprint density at radius 2 is 2.06 bits per heavy atom. The summed E-state index contributed by atoms with van der Waals surface area (Å²) in [4.78, 5) is 14.4. The highest BCUT2D eigenvalue weighted by Crippen LogP contribution is 2.30. The van der Waals surface area contributed by atoms with Gasteiger partial charge in [0, 0.05) is 25.6 Å². The number of carbonyl (C=O) groups excluding carboxylic acids is 1. The molecule has 1 rings (SSSR count). The van der Waals surface area contributed by atoms with Crippen LogP contribution in [0.5, 0.6) is 0 Å². The molecule has 1 saturated heterocycles. The zero-order chi connectivity index (χ0) is 13.8. The first-order valence-corrected chi connectivity index (χ1v) is 7.26. The van der Waals surface area contributed by atoms with E-state index in [0.717, 1.165) is 25.8 Å². The first-order valence-electron chi connectivity index (χ1n) is 7.26. The predicted molar refractivity (Wildman–Crippen MR) is 74.3 cm³/mol. The average molecular weight is 255 g/mol. The Kier molecular flexibility index (Phi) is 5.64. The van der Waals surface area contributed by atoms with Crippen LogP contribution < -0.4 is 0 Å². The molecule has 3 heteroatoms. The Morgan fingerprint density at radius 1 is 1.39 bits per heavy atom. The lowest BCUT2D eigenvalue weighted by molar-refractivity contribution is -0.137. The van der Waals surface area contributed by atoms with Gasteiger partial charge in [-0.1, -0.05) is 27.7 Å². The second-order valence-electron chi connectivity index (χ2n) is 6.72. The van der Waals surface area contributed by atoms with Gasteiger partial charge in [-0.15, -0.1) is 0 Å². The van der Waals surface area contributed by atoms with Gasteiger partial charge in [-0.2, -0.15) is 0 Å². The fourth-order valence-corrected chi connectivity index (χ4v) is 2.46. The third kappa shape index (κ3) is 4.27. The summed E-state index contributed by atoms with van der Waals surface area (Å²) in [5, 5.41) is 9.09. The molecule has 106 valence electrons. The van der Waals surface area contributed by atoms with Crippen LogP contribution in [0.4, 0.5) is 0 Å². The summed E-state index contributed by atoms with van der Waals surface area (Å²) >= 11 is 0. The van der Waals surface area contributed by atoms with E-state index in [1.165, 1.54) is 6.42 Å². The molecule has 2 unspecified atom stereocenters. The fourth-order valence-electron chi connectivity index (χ4n) is 2.46. The minimum atomic E-state index is 0.178. The number of amides is 1. The molecule has 1 fully saturated rings. The molecule has 0 bridgehead atoms. The van der Waals surface area contributed by atoms with Gasteiger partial charge in [0.1, 0.15) is 0 Å². The largest absolute Gasteiger partial charge is 0.396 e. The van der Waals surface area contributed by atoms with Crippen molar-refractivity contribution in [2.45, 2.75) is 65.8 Å². The summed E-state index contributed by atoms with van der Waals surface area (Å²) in [7, 11) is 0. The molecule has 0 aromatic heterocycles. The van der Waals surface area contributed by atoms with Gasteiger partial charge in [0.25, 0.3) is 0 Å². The molecule has 0 aromatic carbocycles. The quantitative estimate of drug-likeness (QED) is 0.839. The molecule has 1 N–H and O–H groups in total. The van der Waals surface area contributed by atoms with E-state index in [9.17, 15) is 4.79 Å². The molecule has 3 nitrogen and oxygen atoms in total. The van der Waals surface area contributed by atoms with Crippen LogP contribution in [-0.2, 0) is 4.79 Å². The van der Waals surface area contributed by atoms with E-state index in [2.05, 4.69) is 27.7 Å². The Balaban J connectivity index is 2.58. The van der Waals surface area contributed by atoms with Crippen molar-refractivity contribution >= 4 is 5.91 Å². The van der Waals surface area contributed by atoms with Gasteiger partial charge in [0.2, 0.25) is 5.91 Å². The summed E-state index contributed by atoms with van der Waals surface area (Å²) in [6.45, 7) is 9.78. The van der Waals surface area contributed by atoms with Crippen molar-refractivity contribution in [2.75, 3.05) is 13.2 Å². The summed E-state index contributed by atoms with van der Waals surface area (Å²) in [6, 6.07) is 0.267. The molecule has 0 spiro atoms. The van der Waals surface area contributed by atoms with Gasteiger partial charge < -0.3 is 10.0 Å². The van der Waals surface area contributed by atoms with Crippen LogP contribution >= 0.6 is 0 Å². The van der Waals surface area contributed by atoms with E-state index in [4.69, 9.17) is 5.11 Å². The maximum absolute atomic E-state index is 12.4. The third-order valence-corrected chi connectivity index (χ3v) is 4.37. The Labute approximate surface area is 112 Å². The molecule has 0 aromatic rings. The summed E-state index contributed by atoms with van der Waals surface area (Å²) in [6.07, 6.45) is 4.71. The Bertz CT molecular complexity index is 268. The molecule has 1 aliphatic heterocycles. The molecule has 1 amide bonds. The summed E-state index contributed by atoms with van der Waals surface area (Å²) in [5.74, 6) is 0.664. The van der Waals surface area contributed by atoms with Crippen molar-refractivity contribution < 1.29 is 9.90 Å². The lowest BCUT2D eigenvalue weighted by Crippen LogP contribution is -2.45. The molecular weight excluding hydrogens is 226 g/mol. The van der Waals surface area contributed by atoms with Crippen LogP contribution in [0.15, 0.2) is 0 Å². The van der Waals surface area contributed by atoms with Crippen LogP contribution in [0.1, 0.15) is 59.8 Å². The van der Waals surface area contributed by atoms with Crippen LogP contribution in [0, 0.1) is 11.3 Å². The maximum atomic E-state index is 12.4. The van der Waals surface area contributed by atoms with E-state index in [1.807, 2.05) is 4.90 Å². The zero-order valence-electron chi connectivity index (χ0n) is 12.4. The Morgan fingerprint density at radius 3 is 2.61 bits per heavy atom. The lowest BCUT2D eigenvalue weighted by Gasteiger charge is -2.37. The second kappa shape index (κ2) is 6.55. The van der Waals surface area contributed by atoms with Gasteiger partial charge in [-0.3, -0.25) is 4.79 Å². The van der Waals surface area contributed by atoms with E-state index in [1.54, 1.807) is 0 Å². The topological polar surface area (TPSA) is 40.5 Å². The molecule has 0 radical (unpaired) electrons. The smallest absolute Gasteiger partial charge is 0.223 e. The van der Waals surface area contributed by atoms with Crippen LogP contribution in [-0.4, -0.2) is 35.1 Å². The minimum Gasteiger partial charge on any atom is -0.396 e. The van der Waals surface area contributed by atoms with Crippen molar-refractivity contribution in [3.05, 3.63) is 0 Å². The number of aliphatic hydroxyl groups is 1. The predicted octanol–water partition coefficient (Wildman–Crippen LogP) is 2.82. The highest BCUT2D eigenvalue weighted by Gasteiger charge is 2.29. The molecule has 0 saturated carbocycles. The number of aliphatic hydroxyl groups excluding tert-OH is 1. The second-order valence-corrected chi connectivity index (χ2v) is 6.72. The number of likely N-dealkylation sites (tertiary alicyclic amines) is 1. The van der Waals surface area contributed by atoms with Gasteiger partial charge in [0.15, 0.2) is 0 Å². The first kappa shape index (κ1) is 15.5. The molecule has 1 heterocycles. The van der Waals surface area contributed by atoms with Crippen LogP contribution in [0.25, 0.3) is 0 Å². The number of piperidine rings is 1. The van der Waals surface area contributed by atoms with Crippen molar-refractivity contribution in [2.24, 2.45) is 11.3 Å². The average Bonchev–Trinajstić information content (AvgIpc) is 2.28. The monoisotopic (exact) mass is 255 g/mol. The van der Waals surface area contributed by atoms with E-state index in [-0.39, 0.29) is 24.0 Å². The van der Waals surface area contributed by atoms with Gasteiger partial charge >= 0.3 is 0 Å². The molecule has 2 atom stereocenters. The standard InChI is InChI=1S/C15H29NO2/c1-12(15(2,3)4)11-14(18)16-9-6-5-7-13(16)8-10-17/h12-13,17H,5-11H2,1-4H3. The number of hydrogen-bond donors (Lipinski definition) is 1. The zero-order valence-corrected chi connectivity index (χ0v) is 12.4. The molecule has 1 aliphatic rings. The number of nitrogens with zero attached hydrogens (tertiary/aromatic N) is 1. The third-order valence-electron chi connectivity index (χ3n) is 4.37. The number of rotatable bonds is 4. The van der Waals surface area contributed by atoms with E-state index >= 15 is 0 Å². The maximum Gasteiger partial charge on any atom is 0.223 e. The van der Waals surface area contributed by atoms with Crippen LogP contribution in [0.2, 0.25) is 0 Å². The highest BCUT2D eigenvalue weighted by molar-refractivity contribution is 5.77. The first-order chi connectivity index (χ1) is 8.36. The molecular formula is C15H29NO2. The van der Waals surface area contributed by atoms with Crippen LogP contribution in [0.3, 0.4) is 0 Å². The number of carbonyl (C=O) groups is 1. The van der Waals surface area contributed by atoms with Crippen molar-refractivity contribution in [1.82, 2.24) is 4.90 Å². The lowest BCUT2D eigenvalue weighted by atomic mass is 9.79. The minimum absolute atomic E-state index is 0.178. The van der Waals surface area contributed by atoms with Crippen molar-refractivity contribution in [1.29, 1.82) is 0 Å². The normalized spacial score (nSPS) is 22.9. The SMILES string of the molecule is CC(CC(=O)N1CCCCC1CCO)C(C)(C)C. The van der Waals surface area contributed by atoms with E-state index < -0.39 is 0 Å². The van der Waals surface area contributed by atoms with Gasteiger partial charge in [-0.25, -0.2) is 0 Å².